The van der Waals surface area contributed by atoms with E-state index >= 15 is 0 Å². The van der Waals surface area contributed by atoms with Crippen LogP contribution in [-0.4, -0.2) is 35.8 Å². The van der Waals surface area contributed by atoms with Crippen molar-refractivity contribution in [2.45, 2.75) is 25.2 Å². The molecule has 1 aliphatic rings. The van der Waals surface area contributed by atoms with Crippen LogP contribution in [0.15, 0.2) is 22.9 Å². The quantitative estimate of drug-likeness (QED) is 0.769. The molecule has 3 aromatic rings. The number of hydrogen-bond donors (Lipinski definition) is 1. The normalized spacial score (nSPS) is 14.7. The van der Waals surface area contributed by atoms with Crippen LogP contribution < -0.4 is 0 Å². The Morgan fingerprint density at radius 3 is 3.05 bits per heavy atom. The minimum atomic E-state index is -0.945. The Labute approximate surface area is 118 Å². The van der Waals surface area contributed by atoms with Crippen LogP contribution in [0.2, 0.25) is 0 Å². The summed E-state index contributed by atoms with van der Waals surface area (Å²) in [5, 5.41) is 20.6. The Bertz CT molecular complexity index is 833. The van der Waals surface area contributed by atoms with Crippen molar-refractivity contribution < 1.29 is 14.4 Å². The molecule has 1 aliphatic carbocycles. The predicted octanol–water partition coefficient (Wildman–Crippen LogP) is 1.28. The van der Waals surface area contributed by atoms with Crippen molar-refractivity contribution >= 4 is 11.6 Å². The van der Waals surface area contributed by atoms with Crippen molar-refractivity contribution in [2.75, 3.05) is 0 Å². The fraction of sp³-hybridized carbons (Fsp3) is 0.308. The first-order chi connectivity index (χ1) is 10.2. The van der Waals surface area contributed by atoms with Crippen LogP contribution in [0.25, 0.3) is 17.1 Å². The van der Waals surface area contributed by atoms with Gasteiger partial charge in [-0.05, 0) is 25.0 Å². The molecule has 0 bridgehead atoms. The largest absolute Gasteiger partial charge is 0.481 e. The number of rotatable bonds is 4. The molecule has 3 heterocycles. The highest BCUT2D eigenvalue weighted by Crippen LogP contribution is 2.38. The first-order valence-corrected chi connectivity index (χ1v) is 6.60. The molecule has 1 fully saturated rings. The van der Waals surface area contributed by atoms with Gasteiger partial charge in [0.1, 0.15) is 12.2 Å². The van der Waals surface area contributed by atoms with Gasteiger partial charge in [-0.2, -0.15) is 4.98 Å². The highest BCUT2D eigenvalue weighted by Gasteiger charge is 2.29. The molecular weight excluding hydrogens is 274 g/mol. The minimum absolute atomic E-state index is 0.174. The molecule has 0 atom stereocenters. The van der Waals surface area contributed by atoms with E-state index in [9.17, 15) is 4.79 Å². The van der Waals surface area contributed by atoms with Gasteiger partial charge in [-0.3, -0.25) is 9.20 Å². The average molecular weight is 285 g/mol. The lowest BCUT2D eigenvalue weighted by atomic mass is 10.2. The molecule has 21 heavy (non-hydrogen) atoms. The summed E-state index contributed by atoms with van der Waals surface area (Å²) in [6, 6.07) is 3.54. The minimum Gasteiger partial charge on any atom is -0.481 e. The Morgan fingerprint density at radius 1 is 1.43 bits per heavy atom. The monoisotopic (exact) mass is 285 g/mol. The van der Waals surface area contributed by atoms with Crippen molar-refractivity contribution in [1.82, 2.24) is 24.7 Å². The highest BCUT2D eigenvalue weighted by molar-refractivity contribution is 5.69. The molecule has 8 heteroatoms. The van der Waals surface area contributed by atoms with E-state index in [1.807, 2.05) is 0 Å². The lowest BCUT2D eigenvalue weighted by molar-refractivity contribution is -0.136. The molecule has 0 aliphatic heterocycles. The third kappa shape index (κ3) is 2.14. The molecule has 0 aromatic carbocycles. The maximum atomic E-state index is 10.8. The van der Waals surface area contributed by atoms with E-state index in [0.717, 1.165) is 24.2 Å². The molecule has 4 rings (SSSR count). The summed E-state index contributed by atoms with van der Waals surface area (Å²) in [6.45, 7) is 0. The van der Waals surface area contributed by atoms with E-state index in [2.05, 4.69) is 20.3 Å². The molecule has 0 unspecified atom stereocenters. The van der Waals surface area contributed by atoms with Crippen LogP contribution in [0.5, 0.6) is 0 Å². The van der Waals surface area contributed by atoms with Crippen molar-refractivity contribution in [3.63, 3.8) is 0 Å². The van der Waals surface area contributed by atoms with Gasteiger partial charge in [0.05, 0.1) is 0 Å². The zero-order valence-corrected chi connectivity index (χ0v) is 10.9. The number of aliphatic carboxylic acids is 1. The van der Waals surface area contributed by atoms with Gasteiger partial charge < -0.3 is 9.63 Å². The number of carboxylic acid groups (broad SMARTS) is 1. The predicted molar refractivity (Wildman–Crippen MR) is 69.6 cm³/mol. The lowest BCUT2D eigenvalue weighted by Gasteiger charge is -1.98. The molecule has 3 aromatic heterocycles. The van der Waals surface area contributed by atoms with E-state index in [1.165, 1.54) is 0 Å². The molecule has 8 nitrogen and oxygen atoms in total. The van der Waals surface area contributed by atoms with Crippen LogP contribution in [0.4, 0.5) is 0 Å². The molecule has 0 radical (unpaired) electrons. The third-order valence-electron chi connectivity index (χ3n) is 3.42. The molecule has 106 valence electrons. The van der Waals surface area contributed by atoms with Crippen LogP contribution in [0.3, 0.4) is 0 Å². The molecular formula is C13H11N5O3. The molecule has 1 saturated carbocycles. The Kier molecular flexibility index (Phi) is 2.50. The van der Waals surface area contributed by atoms with E-state index in [-0.39, 0.29) is 6.42 Å². The van der Waals surface area contributed by atoms with E-state index in [0.29, 0.717) is 23.3 Å². The summed E-state index contributed by atoms with van der Waals surface area (Å²) in [7, 11) is 0. The van der Waals surface area contributed by atoms with Gasteiger partial charge in [-0.1, -0.05) is 5.16 Å². The fourth-order valence-corrected chi connectivity index (χ4v) is 2.19. The molecule has 1 N–H and O–H groups in total. The number of carbonyl (C=O) groups is 1. The zero-order valence-electron chi connectivity index (χ0n) is 10.9. The standard InChI is InChI=1S/C13H11N5O3/c19-11(20)6-10-16-15-9-5-8(3-4-18(9)10)13-14-12(17-21-13)7-1-2-7/h3-5,7H,1-2,6H2,(H,19,20). The number of nitrogens with zero attached hydrogens (tertiary/aromatic N) is 5. The van der Waals surface area contributed by atoms with Gasteiger partial charge in [0.2, 0.25) is 0 Å². The van der Waals surface area contributed by atoms with E-state index in [1.54, 1.807) is 22.7 Å². The van der Waals surface area contributed by atoms with Crippen molar-refractivity contribution in [3.8, 4) is 11.5 Å². The lowest BCUT2D eigenvalue weighted by Crippen LogP contribution is -2.04. The van der Waals surface area contributed by atoms with Crippen LogP contribution in [0.1, 0.15) is 30.4 Å². The average Bonchev–Trinajstić information content (AvgIpc) is 3.07. The zero-order chi connectivity index (χ0) is 14.4. The third-order valence-corrected chi connectivity index (χ3v) is 3.42. The summed E-state index contributed by atoms with van der Waals surface area (Å²) in [5.41, 5.74) is 1.30. The summed E-state index contributed by atoms with van der Waals surface area (Å²) in [5.74, 6) is 1.06. The van der Waals surface area contributed by atoms with Gasteiger partial charge in [0.15, 0.2) is 11.5 Å². The number of carboxylic acids is 1. The summed E-state index contributed by atoms with van der Waals surface area (Å²) in [4.78, 5) is 15.1. The van der Waals surface area contributed by atoms with E-state index < -0.39 is 5.97 Å². The van der Waals surface area contributed by atoms with Gasteiger partial charge in [-0.15, -0.1) is 10.2 Å². The topological polar surface area (TPSA) is 106 Å². The van der Waals surface area contributed by atoms with Crippen LogP contribution in [-0.2, 0) is 11.2 Å². The molecule has 0 amide bonds. The maximum Gasteiger partial charge on any atom is 0.311 e. The maximum absolute atomic E-state index is 10.8. The van der Waals surface area contributed by atoms with Gasteiger partial charge >= 0.3 is 5.97 Å². The SMILES string of the molecule is O=C(O)Cc1nnc2cc(-c3nc(C4CC4)no3)ccn12. The number of pyridine rings is 1. The number of aromatic nitrogens is 5. The second kappa shape index (κ2) is 4.37. The van der Waals surface area contributed by atoms with Gasteiger partial charge in [-0.25, -0.2) is 0 Å². The fourth-order valence-electron chi connectivity index (χ4n) is 2.19. The Balaban J connectivity index is 1.71. The van der Waals surface area contributed by atoms with Crippen molar-refractivity contribution in [3.05, 3.63) is 30.0 Å². The second-order valence-corrected chi connectivity index (χ2v) is 5.06. The van der Waals surface area contributed by atoms with E-state index in [4.69, 9.17) is 9.63 Å². The van der Waals surface area contributed by atoms with Gasteiger partial charge in [0, 0.05) is 17.7 Å². The Hall–Kier alpha value is -2.77. The summed E-state index contributed by atoms with van der Waals surface area (Å²) in [6.07, 6.45) is 3.76. The highest BCUT2D eigenvalue weighted by atomic mass is 16.5. The Morgan fingerprint density at radius 2 is 2.29 bits per heavy atom. The first-order valence-electron chi connectivity index (χ1n) is 6.60. The summed E-state index contributed by atoms with van der Waals surface area (Å²) < 4.78 is 6.89. The first kappa shape index (κ1) is 12.0. The molecule has 0 spiro atoms. The second-order valence-electron chi connectivity index (χ2n) is 5.06. The number of fused-ring (bicyclic) bond motifs is 1. The van der Waals surface area contributed by atoms with Crippen LogP contribution >= 0.6 is 0 Å². The number of hydrogen-bond acceptors (Lipinski definition) is 6. The smallest absolute Gasteiger partial charge is 0.311 e. The van der Waals surface area contributed by atoms with Gasteiger partial charge in [0.25, 0.3) is 5.89 Å². The summed E-state index contributed by atoms with van der Waals surface area (Å²) >= 11 is 0. The van der Waals surface area contributed by atoms with Crippen molar-refractivity contribution in [2.24, 2.45) is 0 Å². The van der Waals surface area contributed by atoms with Crippen LogP contribution in [0, 0.1) is 0 Å². The van der Waals surface area contributed by atoms with Crippen molar-refractivity contribution in [1.29, 1.82) is 0 Å². The molecule has 0 saturated heterocycles.